The highest BCUT2D eigenvalue weighted by atomic mass is 35.5. The van der Waals surface area contributed by atoms with Crippen molar-refractivity contribution in [1.29, 1.82) is 0 Å². The Kier molecular flexibility index (Phi) is 5.60. The van der Waals surface area contributed by atoms with Gasteiger partial charge in [0.2, 0.25) is 0 Å². The van der Waals surface area contributed by atoms with Crippen molar-refractivity contribution in [3.63, 3.8) is 0 Å². The SMILES string of the molecule is O=C(CN1CCN(c2ccc(Cl)cn2)CC1)NN1C(=O)NC2(CCCCC2)C1=O. The molecule has 1 aliphatic carbocycles. The second-order valence-corrected chi connectivity index (χ2v) is 8.28. The summed E-state index contributed by atoms with van der Waals surface area (Å²) in [5.41, 5.74) is 1.66. The van der Waals surface area contributed by atoms with Crippen molar-refractivity contribution < 1.29 is 14.4 Å². The molecule has 0 bridgehead atoms. The molecule has 156 valence electrons. The molecule has 9 nitrogen and oxygen atoms in total. The molecule has 10 heteroatoms. The van der Waals surface area contributed by atoms with Gasteiger partial charge in [-0.25, -0.2) is 9.78 Å². The first kappa shape index (κ1) is 19.9. The number of anilines is 1. The molecule has 1 spiro atoms. The highest BCUT2D eigenvalue weighted by Crippen LogP contribution is 2.33. The number of pyridine rings is 1. The predicted octanol–water partition coefficient (Wildman–Crippen LogP) is 1.14. The summed E-state index contributed by atoms with van der Waals surface area (Å²) in [6.07, 6.45) is 5.75. The van der Waals surface area contributed by atoms with Gasteiger partial charge in [0, 0.05) is 32.4 Å². The fraction of sp³-hybridized carbons (Fsp3) is 0.579. The molecule has 4 rings (SSSR count). The summed E-state index contributed by atoms with van der Waals surface area (Å²) in [5, 5.41) is 4.25. The predicted molar refractivity (Wildman–Crippen MR) is 107 cm³/mol. The standard InChI is InChI=1S/C19H25ClN6O3/c20-14-4-5-15(21-12-14)25-10-8-24(9-11-25)13-16(27)23-26-17(28)19(22-18(26)29)6-2-1-3-7-19/h4-5,12H,1-3,6-11,13H2,(H,22,29)(H,23,27). The van der Waals surface area contributed by atoms with E-state index in [-0.39, 0.29) is 18.4 Å². The third kappa shape index (κ3) is 4.16. The third-order valence-corrected chi connectivity index (χ3v) is 6.10. The average molecular weight is 421 g/mol. The van der Waals surface area contributed by atoms with Gasteiger partial charge in [0.25, 0.3) is 11.8 Å². The van der Waals surface area contributed by atoms with Crippen LogP contribution >= 0.6 is 11.6 Å². The molecule has 3 heterocycles. The van der Waals surface area contributed by atoms with Crippen LogP contribution in [0, 0.1) is 0 Å². The third-order valence-electron chi connectivity index (χ3n) is 5.88. The van der Waals surface area contributed by atoms with Crippen LogP contribution in [0.1, 0.15) is 32.1 Å². The minimum Gasteiger partial charge on any atom is -0.354 e. The lowest BCUT2D eigenvalue weighted by atomic mass is 9.82. The van der Waals surface area contributed by atoms with Crippen LogP contribution in [0.5, 0.6) is 0 Å². The van der Waals surface area contributed by atoms with Gasteiger partial charge < -0.3 is 10.2 Å². The summed E-state index contributed by atoms with van der Waals surface area (Å²) < 4.78 is 0. The van der Waals surface area contributed by atoms with Crippen molar-refractivity contribution in [3.05, 3.63) is 23.4 Å². The van der Waals surface area contributed by atoms with E-state index < -0.39 is 11.6 Å². The first-order valence-corrected chi connectivity index (χ1v) is 10.4. The minimum absolute atomic E-state index is 0.131. The topological polar surface area (TPSA) is 97.9 Å². The molecule has 0 unspecified atom stereocenters. The lowest BCUT2D eigenvalue weighted by Crippen LogP contribution is -2.54. The molecule has 1 aromatic rings. The molecule has 0 radical (unpaired) electrons. The van der Waals surface area contributed by atoms with Gasteiger partial charge in [-0.1, -0.05) is 30.9 Å². The van der Waals surface area contributed by atoms with Crippen LogP contribution in [0.25, 0.3) is 0 Å². The van der Waals surface area contributed by atoms with Crippen molar-refractivity contribution in [2.75, 3.05) is 37.6 Å². The molecule has 2 aliphatic heterocycles. The van der Waals surface area contributed by atoms with Crippen molar-refractivity contribution in [2.24, 2.45) is 0 Å². The number of amides is 4. The summed E-state index contributed by atoms with van der Waals surface area (Å²) >= 11 is 5.88. The van der Waals surface area contributed by atoms with Crippen LogP contribution in [0.2, 0.25) is 5.02 Å². The molecule has 1 saturated carbocycles. The van der Waals surface area contributed by atoms with E-state index >= 15 is 0 Å². The Balaban J connectivity index is 1.28. The Hall–Kier alpha value is -2.39. The number of nitrogens with one attached hydrogen (secondary N) is 2. The van der Waals surface area contributed by atoms with Crippen molar-refractivity contribution in [2.45, 2.75) is 37.6 Å². The summed E-state index contributed by atoms with van der Waals surface area (Å²) in [4.78, 5) is 45.9. The molecule has 2 saturated heterocycles. The second-order valence-electron chi connectivity index (χ2n) is 7.85. The van der Waals surface area contributed by atoms with Crippen molar-refractivity contribution in [3.8, 4) is 0 Å². The van der Waals surface area contributed by atoms with E-state index in [9.17, 15) is 14.4 Å². The maximum absolute atomic E-state index is 12.7. The number of rotatable bonds is 4. The molecule has 29 heavy (non-hydrogen) atoms. The van der Waals surface area contributed by atoms with Crippen LogP contribution in [-0.2, 0) is 9.59 Å². The lowest BCUT2D eigenvalue weighted by molar-refractivity contribution is -0.140. The van der Waals surface area contributed by atoms with Gasteiger partial charge in [0.1, 0.15) is 11.4 Å². The first-order chi connectivity index (χ1) is 14.0. The van der Waals surface area contributed by atoms with E-state index in [1.165, 1.54) is 0 Å². The summed E-state index contributed by atoms with van der Waals surface area (Å²) in [7, 11) is 0. The highest BCUT2D eigenvalue weighted by Gasteiger charge is 2.52. The molecule has 4 amide bonds. The smallest absolute Gasteiger partial charge is 0.344 e. The Labute approximate surface area is 174 Å². The summed E-state index contributed by atoms with van der Waals surface area (Å²) in [6, 6.07) is 3.15. The van der Waals surface area contributed by atoms with Gasteiger partial charge in [0.15, 0.2) is 0 Å². The van der Waals surface area contributed by atoms with E-state index in [4.69, 9.17) is 11.6 Å². The fourth-order valence-corrected chi connectivity index (χ4v) is 4.38. The molecule has 2 N–H and O–H groups in total. The van der Waals surface area contributed by atoms with Gasteiger partial charge in [-0.05, 0) is 25.0 Å². The van der Waals surface area contributed by atoms with Gasteiger partial charge in [0.05, 0.1) is 11.6 Å². The maximum Gasteiger partial charge on any atom is 0.344 e. The fourth-order valence-electron chi connectivity index (χ4n) is 4.27. The number of carbonyl (C=O) groups excluding carboxylic acids is 3. The van der Waals surface area contributed by atoms with Crippen LogP contribution in [-0.4, -0.2) is 71.0 Å². The van der Waals surface area contributed by atoms with Gasteiger partial charge in [-0.15, -0.1) is 0 Å². The lowest BCUT2D eigenvalue weighted by Gasteiger charge is -2.35. The molecule has 0 atom stereocenters. The van der Waals surface area contributed by atoms with Gasteiger partial charge >= 0.3 is 6.03 Å². The number of carbonyl (C=O) groups is 3. The minimum atomic E-state index is -0.834. The monoisotopic (exact) mass is 420 g/mol. The van der Waals surface area contributed by atoms with Gasteiger partial charge in [-0.3, -0.25) is 19.9 Å². The number of aromatic nitrogens is 1. The Morgan fingerprint density at radius 2 is 1.86 bits per heavy atom. The van der Waals surface area contributed by atoms with E-state index in [2.05, 4.69) is 20.6 Å². The zero-order valence-corrected chi connectivity index (χ0v) is 17.0. The molecular formula is C19H25ClN6O3. The Morgan fingerprint density at radius 3 is 2.52 bits per heavy atom. The van der Waals surface area contributed by atoms with E-state index in [0.29, 0.717) is 31.0 Å². The van der Waals surface area contributed by atoms with Crippen LogP contribution < -0.4 is 15.6 Å². The number of imide groups is 1. The number of piperazine rings is 1. The molecule has 0 aromatic carbocycles. The quantitative estimate of drug-likeness (QED) is 0.709. The Morgan fingerprint density at radius 1 is 1.14 bits per heavy atom. The number of nitrogens with zero attached hydrogens (tertiary/aromatic N) is 4. The maximum atomic E-state index is 12.7. The van der Waals surface area contributed by atoms with Crippen LogP contribution in [0.3, 0.4) is 0 Å². The number of hydrogen-bond donors (Lipinski definition) is 2. The molecular weight excluding hydrogens is 396 g/mol. The van der Waals surface area contributed by atoms with E-state index in [0.717, 1.165) is 43.2 Å². The number of hydrogen-bond acceptors (Lipinski definition) is 6. The zero-order valence-electron chi connectivity index (χ0n) is 16.2. The number of hydrazine groups is 1. The van der Waals surface area contributed by atoms with Crippen LogP contribution in [0.15, 0.2) is 18.3 Å². The number of urea groups is 1. The largest absolute Gasteiger partial charge is 0.354 e. The highest BCUT2D eigenvalue weighted by molar-refractivity contribution is 6.30. The Bertz CT molecular complexity index is 788. The van der Waals surface area contributed by atoms with E-state index in [1.807, 2.05) is 11.0 Å². The first-order valence-electron chi connectivity index (χ1n) is 10.0. The summed E-state index contributed by atoms with van der Waals surface area (Å²) in [5.74, 6) is 0.157. The normalized spacial score (nSPS) is 22.1. The summed E-state index contributed by atoms with van der Waals surface area (Å²) in [6.45, 7) is 2.96. The number of halogens is 1. The molecule has 3 aliphatic rings. The zero-order chi connectivity index (χ0) is 20.4. The van der Waals surface area contributed by atoms with Gasteiger partial charge in [-0.2, -0.15) is 5.01 Å². The van der Waals surface area contributed by atoms with Crippen molar-refractivity contribution >= 4 is 35.3 Å². The van der Waals surface area contributed by atoms with E-state index in [1.54, 1.807) is 12.3 Å². The molecule has 3 fully saturated rings. The van der Waals surface area contributed by atoms with Crippen molar-refractivity contribution in [1.82, 2.24) is 25.6 Å². The molecule has 1 aromatic heterocycles. The van der Waals surface area contributed by atoms with Crippen LogP contribution in [0.4, 0.5) is 10.6 Å². The average Bonchev–Trinajstić information content (AvgIpc) is 2.94. The second kappa shape index (κ2) is 8.16.